The van der Waals surface area contributed by atoms with Gasteiger partial charge in [0.15, 0.2) is 5.82 Å². The van der Waals surface area contributed by atoms with E-state index in [1.807, 2.05) is 0 Å². The number of amides is 3. The van der Waals surface area contributed by atoms with Crippen LogP contribution in [0.5, 0.6) is 5.75 Å². The number of phenolic OH excluding ortho intramolecular Hbond substituents is 1. The van der Waals surface area contributed by atoms with Crippen LogP contribution in [0, 0.1) is 23.1 Å². The molecule has 0 bridgehead atoms. The standard InChI is InChI=1S/C23H31FN6O6S/c1-13(2)21(26)23(34)27-10-19(33)29-11-14(5-6-15(29)4-3-9-25)16-7-8-17(31)22(20(16)24)30-12-18(32)28-37(30,35)36/h7-8,13-15,21,31H,3-6,10-12,26H2,1-2H3,(H,27,34)(H,28,32). The van der Waals surface area contributed by atoms with Gasteiger partial charge in [-0.15, -0.1) is 0 Å². The second-order valence-electron chi connectivity index (χ2n) is 9.53. The van der Waals surface area contributed by atoms with E-state index in [0.29, 0.717) is 23.6 Å². The topological polar surface area (TPSA) is 186 Å². The second kappa shape index (κ2) is 11.3. The van der Waals surface area contributed by atoms with Crippen molar-refractivity contribution in [1.29, 1.82) is 5.26 Å². The van der Waals surface area contributed by atoms with Gasteiger partial charge in [-0.3, -0.25) is 14.4 Å². The number of rotatable bonds is 8. The molecule has 0 aliphatic carbocycles. The summed E-state index contributed by atoms with van der Waals surface area (Å²) in [5.41, 5.74) is 5.26. The van der Waals surface area contributed by atoms with Crippen LogP contribution in [0.25, 0.3) is 0 Å². The van der Waals surface area contributed by atoms with E-state index in [1.165, 1.54) is 11.0 Å². The Labute approximate surface area is 214 Å². The molecule has 3 rings (SSSR count). The summed E-state index contributed by atoms with van der Waals surface area (Å²) in [6, 6.07) is 3.42. The molecule has 12 nitrogen and oxygen atoms in total. The lowest BCUT2D eigenvalue weighted by Gasteiger charge is -2.40. The van der Waals surface area contributed by atoms with Crippen LogP contribution in [0.4, 0.5) is 10.1 Å². The van der Waals surface area contributed by atoms with E-state index in [2.05, 4.69) is 11.4 Å². The van der Waals surface area contributed by atoms with Crippen molar-refractivity contribution < 1.29 is 32.3 Å². The maximum atomic E-state index is 15.7. The third kappa shape index (κ3) is 6.11. The summed E-state index contributed by atoms with van der Waals surface area (Å²) >= 11 is 0. The summed E-state index contributed by atoms with van der Waals surface area (Å²) in [4.78, 5) is 38.5. The molecule has 3 atom stereocenters. The third-order valence-electron chi connectivity index (χ3n) is 6.68. The van der Waals surface area contributed by atoms with Crippen molar-refractivity contribution in [1.82, 2.24) is 14.9 Å². The number of aromatic hydroxyl groups is 1. The average Bonchev–Trinajstić information content (AvgIpc) is 3.11. The molecule has 0 saturated carbocycles. The SMILES string of the molecule is CC(C)C(N)C(=O)NCC(=O)N1CC(c2ccc(O)c(N3CC(=O)NS3(=O)=O)c2F)CCC1CCC#N. The Kier molecular flexibility index (Phi) is 8.60. The van der Waals surface area contributed by atoms with E-state index in [0.717, 1.165) is 6.07 Å². The Morgan fingerprint density at radius 2 is 2.05 bits per heavy atom. The number of carbonyl (C=O) groups excluding carboxylic acids is 3. The lowest BCUT2D eigenvalue weighted by molar-refractivity contribution is -0.136. The molecular formula is C23H31FN6O6S. The van der Waals surface area contributed by atoms with Crippen molar-refractivity contribution in [2.75, 3.05) is 23.9 Å². The number of halogens is 1. The predicted octanol–water partition coefficient (Wildman–Crippen LogP) is 0.190. The molecule has 37 heavy (non-hydrogen) atoms. The first kappa shape index (κ1) is 28.1. The third-order valence-corrected chi connectivity index (χ3v) is 8.06. The van der Waals surface area contributed by atoms with Gasteiger partial charge >= 0.3 is 10.2 Å². The van der Waals surface area contributed by atoms with Crippen molar-refractivity contribution in [3.63, 3.8) is 0 Å². The second-order valence-corrected chi connectivity index (χ2v) is 11.1. The molecule has 2 aliphatic rings. The molecule has 2 aliphatic heterocycles. The normalized spacial score (nSPS) is 21.9. The van der Waals surface area contributed by atoms with Gasteiger partial charge in [0, 0.05) is 24.9 Å². The van der Waals surface area contributed by atoms with Gasteiger partial charge in [-0.2, -0.15) is 13.7 Å². The number of nitrogens with one attached hydrogen (secondary N) is 2. The Morgan fingerprint density at radius 3 is 2.65 bits per heavy atom. The first-order valence-corrected chi connectivity index (χ1v) is 13.4. The number of likely N-dealkylation sites (tertiary alicyclic amines) is 1. The highest BCUT2D eigenvalue weighted by atomic mass is 32.2. The maximum Gasteiger partial charge on any atom is 0.326 e. The summed E-state index contributed by atoms with van der Waals surface area (Å²) < 4.78 is 42.4. The summed E-state index contributed by atoms with van der Waals surface area (Å²) in [6.07, 6.45) is 1.47. The largest absolute Gasteiger partial charge is 0.506 e. The smallest absolute Gasteiger partial charge is 0.326 e. The zero-order valence-electron chi connectivity index (χ0n) is 20.6. The number of piperidine rings is 1. The Morgan fingerprint density at radius 1 is 1.35 bits per heavy atom. The number of nitriles is 1. The highest BCUT2D eigenvalue weighted by molar-refractivity contribution is 7.92. The van der Waals surface area contributed by atoms with Gasteiger partial charge in [-0.05, 0) is 36.8 Å². The molecule has 0 spiro atoms. The number of nitrogens with zero attached hydrogens (tertiary/aromatic N) is 3. The Bertz CT molecular complexity index is 1220. The molecule has 2 fully saturated rings. The van der Waals surface area contributed by atoms with Crippen LogP contribution in [-0.4, -0.2) is 67.9 Å². The highest BCUT2D eigenvalue weighted by Gasteiger charge is 2.40. The molecule has 1 aromatic rings. The van der Waals surface area contributed by atoms with Crippen LogP contribution >= 0.6 is 0 Å². The Hall–Kier alpha value is -3.44. The van der Waals surface area contributed by atoms with Crippen LogP contribution < -0.4 is 20.1 Å². The van der Waals surface area contributed by atoms with Crippen molar-refractivity contribution in [2.24, 2.45) is 11.7 Å². The van der Waals surface area contributed by atoms with E-state index < -0.39 is 63.7 Å². The monoisotopic (exact) mass is 538 g/mol. The van der Waals surface area contributed by atoms with Crippen molar-refractivity contribution >= 4 is 33.6 Å². The minimum Gasteiger partial charge on any atom is -0.506 e. The van der Waals surface area contributed by atoms with Crippen LogP contribution in [0.1, 0.15) is 51.0 Å². The predicted molar refractivity (Wildman–Crippen MR) is 131 cm³/mol. The van der Waals surface area contributed by atoms with E-state index in [1.54, 1.807) is 18.6 Å². The molecular weight excluding hydrogens is 507 g/mol. The van der Waals surface area contributed by atoms with Crippen molar-refractivity contribution in [3.8, 4) is 11.8 Å². The van der Waals surface area contributed by atoms with Crippen LogP contribution in [0.3, 0.4) is 0 Å². The molecule has 0 aromatic heterocycles. The molecule has 2 heterocycles. The molecule has 14 heteroatoms. The molecule has 0 radical (unpaired) electrons. The van der Waals surface area contributed by atoms with Gasteiger partial charge in [0.2, 0.25) is 11.8 Å². The zero-order chi connectivity index (χ0) is 27.5. The zero-order valence-corrected chi connectivity index (χ0v) is 21.4. The van der Waals surface area contributed by atoms with Crippen LogP contribution in [0.2, 0.25) is 0 Å². The first-order chi connectivity index (χ1) is 17.4. The Balaban J connectivity index is 1.85. The summed E-state index contributed by atoms with van der Waals surface area (Å²) in [5.74, 6) is -4.12. The van der Waals surface area contributed by atoms with Gasteiger partial charge in [0.1, 0.15) is 18.0 Å². The summed E-state index contributed by atoms with van der Waals surface area (Å²) in [7, 11) is -4.37. The molecule has 202 valence electrons. The van der Waals surface area contributed by atoms with E-state index in [-0.39, 0.29) is 37.0 Å². The fourth-order valence-electron chi connectivity index (χ4n) is 4.57. The van der Waals surface area contributed by atoms with Gasteiger partial charge in [-0.25, -0.2) is 13.4 Å². The molecule has 3 unspecified atom stereocenters. The van der Waals surface area contributed by atoms with Crippen molar-refractivity contribution in [3.05, 3.63) is 23.5 Å². The summed E-state index contributed by atoms with van der Waals surface area (Å²) in [6.45, 7) is 2.60. The van der Waals surface area contributed by atoms with Crippen molar-refractivity contribution in [2.45, 2.75) is 57.5 Å². The number of hydrogen-bond acceptors (Lipinski definition) is 8. The number of hydrogen-bond donors (Lipinski definition) is 4. The molecule has 5 N–H and O–H groups in total. The molecule has 3 amide bonds. The fraction of sp³-hybridized carbons (Fsp3) is 0.565. The lowest BCUT2D eigenvalue weighted by Crippen LogP contribution is -2.52. The minimum absolute atomic E-state index is 0.0477. The number of carbonyl (C=O) groups is 3. The quantitative estimate of drug-likeness (QED) is 0.361. The maximum absolute atomic E-state index is 15.7. The van der Waals surface area contributed by atoms with Crippen LogP contribution in [0.15, 0.2) is 12.1 Å². The van der Waals surface area contributed by atoms with Gasteiger partial charge in [0.05, 0.1) is 18.7 Å². The van der Waals surface area contributed by atoms with E-state index in [4.69, 9.17) is 11.0 Å². The lowest BCUT2D eigenvalue weighted by atomic mass is 9.85. The fourth-order valence-corrected chi connectivity index (χ4v) is 5.73. The summed E-state index contributed by atoms with van der Waals surface area (Å²) in [5, 5.41) is 21.8. The molecule has 1 aromatic carbocycles. The van der Waals surface area contributed by atoms with Crippen LogP contribution in [-0.2, 0) is 24.6 Å². The number of phenols is 1. The highest BCUT2D eigenvalue weighted by Crippen LogP contribution is 2.40. The van der Waals surface area contributed by atoms with Gasteiger partial charge < -0.3 is 21.1 Å². The minimum atomic E-state index is -4.37. The first-order valence-electron chi connectivity index (χ1n) is 11.9. The van der Waals surface area contributed by atoms with Gasteiger partial charge in [0.25, 0.3) is 5.91 Å². The molecule has 2 saturated heterocycles. The average molecular weight is 539 g/mol. The number of anilines is 1. The van der Waals surface area contributed by atoms with E-state index >= 15 is 4.39 Å². The van der Waals surface area contributed by atoms with E-state index in [9.17, 15) is 27.9 Å². The number of benzene rings is 1. The number of nitrogens with two attached hydrogens (primary N) is 1. The van der Waals surface area contributed by atoms with Gasteiger partial charge in [-0.1, -0.05) is 19.9 Å².